The van der Waals surface area contributed by atoms with Crippen molar-refractivity contribution in [3.8, 4) is 0 Å². The van der Waals surface area contributed by atoms with Crippen LogP contribution in [0.4, 0.5) is 17.1 Å². The predicted molar refractivity (Wildman–Crippen MR) is 78.6 cm³/mol. The van der Waals surface area contributed by atoms with Crippen molar-refractivity contribution in [3.63, 3.8) is 0 Å². The van der Waals surface area contributed by atoms with Crippen molar-refractivity contribution in [1.82, 2.24) is 9.78 Å². The molecule has 110 valence electrons. The first kappa shape index (κ1) is 14.5. The van der Waals surface area contributed by atoms with E-state index in [0.29, 0.717) is 11.4 Å². The molecule has 1 N–H and O–H groups in total. The molecule has 0 aliphatic carbocycles. The van der Waals surface area contributed by atoms with E-state index >= 15 is 0 Å². The maximum Gasteiger partial charge on any atom is 0.270 e. The molecule has 0 fully saturated rings. The van der Waals surface area contributed by atoms with Crippen LogP contribution in [0, 0.1) is 10.1 Å². The number of hydrogen-bond acceptors (Lipinski definition) is 5. The van der Waals surface area contributed by atoms with Crippen molar-refractivity contribution in [1.29, 1.82) is 0 Å². The summed E-state index contributed by atoms with van der Waals surface area (Å²) >= 11 is 0. The Bertz CT molecular complexity index is 693. The molecule has 0 radical (unpaired) electrons. The highest BCUT2D eigenvalue weighted by Crippen LogP contribution is 2.25. The summed E-state index contributed by atoms with van der Waals surface area (Å²) in [6.45, 7) is 0. The highest BCUT2D eigenvalue weighted by molar-refractivity contribution is 6.08. The van der Waals surface area contributed by atoms with Gasteiger partial charge in [0.25, 0.3) is 11.6 Å². The number of aromatic nitrogens is 2. The second-order valence-electron chi connectivity index (χ2n) is 4.71. The number of nitrogens with one attached hydrogen (secondary N) is 1. The molecule has 0 unspecified atom stereocenters. The van der Waals surface area contributed by atoms with Crippen LogP contribution in [0.15, 0.2) is 30.6 Å². The number of amides is 1. The van der Waals surface area contributed by atoms with Crippen molar-refractivity contribution in [2.75, 3.05) is 24.3 Å². The number of rotatable bonds is 4. The van der Waals surface area contributed by atoms with Gasteiger partial charge in [-0.1, -0.05) is 0 Å². The van der Waals surface area contributed by atoms with Gasteiger partial charge in [0.2, 0.25) is 0 Å². The van der Waals surface area contributed by atoms with Crippen LogP contribution < -0.4 is 10.2 Å². The summed E-state index contributed by atoms with van der Waals surface area (Å²) in [6.07, 6.45) is 3.15. The summed E-state index contributed by atoms with van der Waals surface area (Å²) in [7, 11) is 5.26. The van der Waals surface area contributed by atoms with Crippen LogP contribution >= 0.6 is 0 Å². The lowest BCUT2D eigenvalue weighted by molar-refractivity contribution is -0.384. The average molecular weight is 289 g/mol. The quantitative estimate of drug-likeness (QED) is 0.682. The molecule has 2 aromatic rings. The van der Waals surface area contributed by atoms with Crippen LogP contribution in [0.25, 0.3) is 0 Å². The minimum atomic E-state index is -0.527. The molecule has 1 aromatic heterocycles. The number of nitrogens with zero attached hydrogens (tertiary/aromatic N) is 4. The number of hydrogen-bond donors (Lipinski definition) is 1. The predicted octanol–water partition coefficient (Wildman–Crippen LogP) is 1.65. The van der Waals surface area contributed by atoms with E-state index in [1.165, 1.54) is 18.3 Å². The van der Waals surface area contributed by atoms with E-state index in [1.54, 1.807) is 43.0 Å². The number of nitro benzene ring substituents is 1. The number of nitro groups is 1. The lowest BCUT2D eigenvalue weighted by atomic mass is 10.1. The summed E-state index contributed by atoms with van der Waals surface area (Å²) in [6, 6.07) is 4.19. The van der Waals surface area contributed by atoms with E-state index in [1.807, 2.05) is 0 Å². The van der Waals surface area contributed by atoms with E-state index in [4.69, 9.17) is 0 Å². The third kappa shape index (κ3) is 3.16. The Kier molecular flexibility index (Phi) is 3.88. The van der Waals surface area contributed by atoms with Crippen molar-refractivity contribution < 1.29 is 9.72 Å². The zero-order valence-electron chi connectivity index (χ0n) is 11.9. The molecule has 21 heavy (non-hydrogen) atoms. The number of non-ortho nitro benzene ring substituents is 1. The summed E-state index contributed by atoms with van der Waals surface area (Å²) in [4.78, 5) is 24.4. The molecule has 1 aromatic carbocycles. The lowest BCUT2D eigenvalue weighted by Crippen LogP contribution is -2.18. The Hall–Kier alpha value is -2.90. The van der Waals surface area contributed by atoms with E-state index in [-0.39, 0.29) is 11.3 Å². The monoisotopic (exact) mass is 289 g/mol. The molecule has 1 amide bonds. The number of carbonyl (C=O) groups excluding carboxylic acids is 1. The summed E-state index contributed by atoms with van der Waals surface area (Å²) in [5, 5.41) is 17.5. The Morgan fingerprint density at radius 3 is 2.67 bits per heavy atom. The SMILES string of the molecule is CN(C)c1ccc([N+](=O)[O-])cc1C(=O)Nc1cnn(C)c1. The van der Waals surface area contributed by atoms with Crippen molar-refractivity contribution in [2.24, 2.45) is 7.05 Å². The fraction of sp³-hybridized carbons (Fsp3) is 0.231. The smallest absolute Gasteiger partial charge is 0.270 e. The third-order valence-electron chi connectivity index (χ3n) is 2.88. The lowest BCUT2D eigenvalue weighted by Gasteiger charge is -2.16. The molecule has 0 aliphatic rings. The Morgan fingerprint density at radius 1 is 1.43 bits per heavy atom. The van der Waals surface area contributed by atoms with Gasteiger partial charge in [-0.2, -0.15) is 5.10 Å². The molecular weight excluding hydrogens is 274 g/mol. The zero-order valence-corrected chi connectivity index (χ0v) is 11.9. The number of carbonyl (C=O) groups is 1. The van der Waals surface area contributed by atoms with Gasteiger partial charge in [0.05, 0.1) is 22.4 Å². The number of aryl methyl sites for hydroxylation is 1. The fourth-order valence-electron chi connectivity index (χ4n) is 1.89. The van der Waals surface area contributed by atoms with Gasteiger partial charge in [-0.25, -0.2) is 0 Å². The summed E-state index contributed by atoms with van der Waals surface area (Å²) in [5.41, 5.74) is 1.23. The average Bonchev–Trinajstić information content (AvgIpc) is 2.83. The second kappa shape index (κ2) is 5.61. The molecule has 0 bridgehead atoms. The first-order valence-electron chi connectivity index (χ1n) is 6.14. The fourth-order valence-corrected chi connectivity index (χ4v) is 1.89. The van der Waals surface area contributed by atoms with Gasteiger partial charge in [0.15, 0.2) is 0 Å². The van der Waals surface area contributed by atoms with E-state index in [2.05, 4.69) is 10.4 Å². The van der Waals surface area contributed by atoms with Gasteiger partial charge in [0.1, 0.15) is 0 Å². The van der Waals surface area contributed by atoms with Crippen molar-refractivity contribution >= 4 is 23.0 Å². The van der Waals surface area contributed by atoms with Gasteiger partial charge in [-0.3, -0.25) is 19.6 Å². The molecule has 1 heterocycles. The van der Waals surface area contributed by atoms with Crippen LogP contribution in [-0.4, -0.2) is 34.7 Å². The summed E-state index contributed by atoms with van der Waals surface area (Å²) < 4.78 is 1.55. The molecule has 2 rings (SSSR count). The normalized spacial score (nSPS) is 10.2. The Balaban J connectivity index is 2.37. The minimum Gasteiger partial charge on any atom is -0.377 e. The van der Waals surface area contributed by atoms with Crippen molar-refractivity contribution in [3.05, 3.63) is 46.3 Å². The minimum absolute atomic E-state index is 0.128. The van der Waals surface area contributed by atoms with Crippen LogP contribution in [0.3, 0.4) is 0 Å². The van der Waals surface area contributed by atoms with Crippen LogP contribution in [0.1, 0.15) is 10.4 Å². The highest BCUT2D eigenvalue weighted by Gasteiger charge is 2.18. The van der Waals surface area contributed by atoms with Gasteiger partial charge in [-0.05, 0) is 6.07 Å². The molecule has 8 nitrogen and oxygen atoms in total. The second-order valence-corrected chi connectivity index (χ2v) is 4.71. The topological polar surface area (TPSA) is 93.3 Å². The highest BCUT2D eigenvalue weighted by atomic mass is 16.6. The van der Waals surface area contributed by atoms with Crippen LogP contribution in [-0.2, 0) is 7.05 Å². The van der Waals surface area contributed by atoms with Crippen LogP contribution in [0.5, 0.6) is 0 Å². The molecular formula is C13H15N5O3. The molecule has 0 atom stereocenters. The standard InChI is InChI=1S/C13H15N5O3/c1-16(2)12-5-4-10(18(20)21)6-11(12)13(19)15-9-7-14-17(3)8-9/h4-8H,1-3H3,(H,15,19). The van der Waals surface area contributed by atoms with E-state index < -0.39 is 10.8 Å². The zero-order chi connectivity index (χ0) is 15.6. The molecule has 8 heteroatoms. The molecule has 0 saturated carbocycles. The Morgan fingerprint density at radius 2 is 2.14 bits per heavy atom. The van der Waals surface area contributed by atoms with Crippen molar-refractivity contribution in [2.45, 2.75) is 0 Å². The van der Waals surface area contributed by atoms with Gasteiger partial charge in [-0.15, -0.1) is 0 Å². The first-order valence-corrected chi connectivity index (χ1v) is 6.14. The maximum atomic E-state index is 12.3. The maximum absolute atomic E-state index is 12.3. The van der Waals surface area contributed by atoms with Crippen LogP contribution in [0.2, 0.25) is 0 Å². The van der Waals surface area contributed by atoms with E-state index in [0.717, 1.165) is 0 Å². The van der Waals surface area contributed by atoms with Gasteiger partial charge >= 0.3 is 0 Å². The van der Waals surface area contributed by atoms with Gasteiger partial charge in [0, 0.05) is 45.2 Å². The summed E-state index contributed by atoms with van der Waals surface area (Å²) in [5.74, 6) is -0.421. The third-order valence-corrected chi connectivity index (χ3v) is 2.88. The molecule has 0 aliphatic heterocycles. The first-order chi connectivity index (χ1) is 9.88. The Labute approximate surface area is 121 Å². The number of anilines is 2. The number of benzene rings is 1. The molecule has 0 spiro atoms. The largest absolute Gasteiger partial charge is 0.377 e. The van der Waals surface area contributed by atoms with Gasteiger partial charge < -0.3 is 10.2 Å². The van der Waals surface area contributed by atoms with E-state index in [9.17, 15) is 14.9 Å². The molecule has 0 saturated heterocycles.